The molecule has 1 aliphatic rings. The Hall–Kier alpha value is -4.59. The number of aryl methyl sites for hydroxylation is 1. The van der Waals surface area contributed by atoms with E-state index in [2.05, 4.69) is 27.8 Å². The molecule has 2 amide bonds. The van der Waals surface area contributed by atoms with Crippen LogP contribution in [0.4, 0.5) is 4.79 Å². The van der Waals surface area contributed by atoms with Crippen molar-refractivity contribution in [2.45, 2.75) is 62.3 Å². The second kappa shape index (κ2) is 17.8. The largest absolute Gasteiger partial charge is 0.467 e. The van der Waals surface area contributed by atoms with Gasteiger partial charge in [-0.05, 0) is 40.3 Å². The molecule has 0 aliphatic carbocycles. The van der Waals surface area contributed by atoms with Gasteiger partial charge in [-0.1, -0.05) is 133 Å². The Bertz CT molecular complexity index is 1920. The van der Waals surface area contributed by atoms with E-state index < -0.39 is 24.3 Å². The van der Waals surface area contributed by atoms with Gasteiger partial charge in [0.05, 0.1) is 25.9 Å². The standard InChI is InChI=1S/C40H42N4O6S2/c1-25-35(24-51-40-44-43-26(2)52-40)49-38(50-36(25)30-15-13-28(23-45)14-16-30)31-19-17-29(18-20-31)33-12-8-7-11-32(33)22-41-39(47)42-34(37(46)48-3)21-27-9-5-4-6-10-27/h4-20,25,34-36,38,45H,21-24H2,1-3H3,(H2,41,42,47). The Morgan fingerprint density at radius 3 is 2.31 bits per heavy atom. The summed E-state index contributed by atoms with van der Waals surface area (Å²) in [5, 5.41) is 24.6. The topological polar surface area (TPSA) is 132 Å². The number of carbonyl (C=O) groups is 2. The monoisotopic (exact) mass is 738 g/mol. The molecular weight excluding hydrogens is 697 g/mol. The van der Waals surface area contributed by atoms with E-state index in [9.17, 15) is 14.7 Å². The number of hydrogen-bond acceptors (Lipinski definition) is 10. The van der Waals surface area contributed by atoms with Gasteiger partial charge in [-0.3, -0.25) is 0 Å². The highest BCUT2D eigenvalue weighted by Gasteiger charge is 2.38. The lowest BCUT2D eigenvalue weighted by atomic mass is 9.91. The van der Waals surface area contributed by atoms with Crippen molar-refractivity contribution >= 4 is 35.1 Å². The first-order valence-electron chi connectivity index (χ1n) is 17.1. The number of benzene rings is 4. The van der Waals surface area contributed by atoms with Crippen LogP contribution in [0.5, 0.6) is 0 Å². The molecule has 0 saturated carbocycles. The summed E-state index contributed by atoms with van der Waals surface area (Å²) in [6.07, 6.45) is -0.637. The number of carbonyl (C=O) groups excluding carboxylic acids is 2. The van der Waals surface area contributed by atoms with Gasteiger partial charge in [0.2, 0.25) is 0 Å². The number of amides is 2. The van der Waals surface area contributed by atoms with Gasteiger partial charge < -0.3 is 30.0 Å². The average molecular weight is 739 g/mol. The van der Waals surface area contributed by atoms with Crippen molar-refractivity contribution in [3.63, 3.8) is 0 Å². The van der Waals surface area contributed by atoms with Crippen LogP contribution in [0, 0.1) is 12.8 Å². The number of urea groups is 1. The van der Waals surface area contributed by atoms with Crippen molar-refractivity contribution < 1.29 is 28.9 Å². The van der Waals surface area contributed by atoms with E-state index in [0.717, 1.165) is 48.3 Å². The van der Waals surface area contributed by atoms with Gasteiger partial charge in [0, 0.05) is 30.2 Å². The van der Waals surface area contributed by atoms with Gasteiger partial charge in [0.1, 0.15) is 11.0 Å². The average Bonchev–Trinajstić information content (AvgIpc) is 3.61. The van der Waals surface area contributed by atoms with Gasteiger partial charge in [-0.15, -0.1) is 10.2 Å². The molecule has 6 rings (SSSR count). The smallest absolute Gasteiger partial charge is 0.328 e. The number of aliphatic hydroxyl groups is 1. The Kier molecular flexibility index (Phi) is 12.7. The fourth-order valence-corrected chi connectivity index (χ4v) is 8.15. The van der Waals surface area contributed by atoms with Crippen molar-refractivity contribution in [3.05, 3.63) is 136 Å². The van der Waals surface area contributed by atoms with E-state index in [1.165, 1.54) is 7.11 Å². The third-order valence-electron chi connectivity index (χ3n) is 9.03. The van der Waals surface area contributed by atoms with Crippen LogP contribution in [-0.2, 0) is 38.6 Å². The molecule has 10 nitrogen and oxygen atoms in total. The summed E-state index contributed by atoms with van der Waals surface area (Å²) in [6.45, 7) is 4.32. The number of hydrogen-bond donors (Lipinski definition) is 3. The number of methoxy groups -OCH3 is 1. The lowest BCUT2D eigenvalue weighted by Gasteiger charge is -2.41. The maximum atomic E-state index is 13.0. The zero-order chi connectivity index (χ0) is 36.5. The summed E-state index contributed by atoms with van der Waals surface area (Å²) in [5.41, 5.74) is 6.52. The van der Waals surface area contributed by atoms with E-state index in [-0.39, 0.29) is 31.3 Å². The Morgan fingerprint density at radius 1 is 0.904 bits per heavy atom. The van der Waals surface area contributed by atoms with Crippen LogP contribution >= 0.6 is 23.1 Å². The van der Waals surface area contributed by atoms with Crippen molar-refractivity contribution in [2.75, 3.05) is 12.9 Å². The Morgan fingerprint density at radius 2 is 1.62 bits per heavy atom. The van der Waals surface area contributed by atoms with Gasteiger partial charge in [0.25, 0.3) is 0 Å². The molecule has 52 heavy (non-hydrogen) atoms. The number of nitrogens with one attached hydrogen (secondary N) is 2. The van der Waals surface area contributed by atoms with Gasteiger partial charge in [0.15, 0.2) is 10.6 Å². The van der Waals surface area contributed by atoms with E-state index in [1.54, 1.807) is 23.1 Å². The first-order valence-corrected chi connectivity index (χ1v) is 18.9. The fourth-order valence-electron chi connectivity index (χ4n) is 6.15. The summed E-state index contributed by atoms with van der Waals surface area (Å²) < 4.78 is 19.1. The summed E-state index contributed by atoms with van der Waals surface area (Å²) in [5.74, 6) is 0.233. The molecule has 1 aliphatic heterocycles. The predicted molar refractivity (Wildman–Crippen MR) is 202 cm³/mol. The maximum Gasteiger partial charge on any atom is 0.328 e. The first-order chi connectivity index (χ1) is 25.3. The third kappa shape index (κ3) is 9.44. The number of nitrogens with zero attached hydrogens (tertiary/aromatic N) is 2. The second-order valence-electron chi connectivity index (χ2n) is 12.6. The first kappa shape index (κ1) is 37.2. The second-order valence-corrected chi connectivity index (χ2v) is 15.0. The molecule has 12 heteroatoms. The summed E-state index contributed by atoms with van der Waals surface area (Å²) in [4.78, 5) is 25.4. The number of aliphatic hydroxyl groups excluding tert-OH is 1. The molecule has 1 aromatic heterocycles. The van der Waals surface area contributed by atoms with Crippen LogP contribution < -0.4 is 10.6 Å². The molecule has 1 saturated heterocycles. The summed E-state index contributed by atoms with van der Waals surface area (Å²) in [7, 11) is 1.31. The fraction of sp³-hybridized carbons (Fsp3) is 0.300. The molecule has 2 heterocycles. The van der Waals surface area contributed by atoms with E-state index >= 15 is 0 Å². The molecule has 0 spiro atoms. The number of ether oxygens (including phenoxy) is 3. The van der Waals surface area contributed by atoms with Crippen LogP contribution in [0.25, 0.3) is 11.1 Å². The zero-order valence-corrected chi connectivity index (χ0v) is 30.9. The Labute approximate surface area is 311 Å². The molecular formula is C40H42N4O6S2. The van der Waals surface area contributed by atoms with Gasteiger partial charge in [-0.2, -0.15) is 0 Å². The molecule has 4 aromatic carbocycles. The van der Waals surface area contributed by atoms with E-state index in [1.807, 2.05) is 110 Å². The number of rotatable bonds is 13. The Balaban J connectivity index is 1.15. The van der Waals surface area contributed by atoms with Crippen molar-refractivity contribution in [2.24, 2.45) is 5.92 Å². The van der Waals surface area contributed by atoms with Gasteiger partial charge >= 0.3 is 12.0 Å². The van der Waals surface area contributed by atoms with Crippen LogP contribution in [0.15, 0.2) is 107 Å². The number of esters is 1. The molecule has 1 fully saturated rings. The van der Waals surface area contributed by atoms with E-state index in [0.29, 0.717) is 12.2 Å². The highest BCUT2D eigenvalue weighted by Crippen LogP contribution is 2.43. The molecule has 270 valence electrons. The maximum absolute atomic E-state index is 13.0. The van der Waals surface area contributed by atoms with Crippen molar-refractivity contribution in [1.29, 1.82) is 0 Å². The van der Waals surface area contributed by atoms with Crippen molar-refractivity contribution in [3.8, 4) is 11.1 Å². The van der Waals surface area contributed by atoms with E-state index in [4.69, 9.17) is 14.2 Å². The van der Waals surface area contributed by atoms with Crippen LogP contribution in [0.2, 0.25) is 0 Å². The summed E-state index contributed by atoms with van der Waals surface area (Å²) >= 11 is 3.21. The molecule has 3 N–H and O–H groups in total. The molecule has 5 atom stereocenters. The third-order valence-corrected chi connectivity index (χ3v) is 11.1. The molecule has 5 unspecified atom stereocenters. The summed E-state index contributed by atoms with van der Waals surface area (Å²) in [6, 6.07) is 32.0. The lowest BCUT2D eigenvalue weighted by Crippen LogP contribution is -2.47. The normalized spacial score (nSPS) is 19.1. The molecule has 0 radical (unpaired) electrons. The van der Waals surface area contributed by atoms with Crippen LogP contribution in [-0.4, -0.2) is 52.3 Å². The number of aromatic nitrogens is 2. The van der Waals surface area contributed by atoms with Crippen LogP contribution in [0.1, 0.15) is 52.1 Å². The predicted octanol–water partition coefficient (Wildman–Crippen LogP) is 7.17. The lowest BCUT2D eigenvalue weighted by molar-refractivity contribution is -0.268. The minimum atomic E-state index is -0.825. The number of thioether (sulfide) groups is 1. The van der Waals surface area contributed by atoms with Gasteiger partial charge in [-0.25, -0.2) is 9.59 Å². The highest BCUT2D eigenvalue weighted by atomic mass is 32.2. The molecule has 0 bridgehead atoms. The highest BCUT2D eigenvalue weighted by molar-refractivity contribution is 8.01. The molecule has 5 aromatic rings. The quantitative estimate of drug-likeness (QED) is 0.0850. The SMILES string of the molecule is COC(=O)C(Cc1ccccc1)NC(=O)NCc1ccccc1-c1ccc(C2OC(CSc3nnc(C)s3)C(C)C(c3ccc(CO)cc3)O2)cc1. The minimum absolute atomic E-state index is 0.0169. The van der Waals surface area contributed by atoms with Crippen molar-refractivity contribution in [1.82, 2.24) is 20.8 Å². The minimum Gasteiger partial charge on any atom is -0.467 e. The zero-order valence-electron chi connectivity index (χ0n) is 29.2. The van der Waals surface area contributed by atoms with Crippen LogP contribution in [0.3, 0.4) is 0 Å².